The number of aliphatic carboxylic acids is 1. The van der Waals surface area contributed by atoms with Gasteiger partial charge in [0, 0.05) is 38.3 Å². The summed E-state index contributed by atoms with van der Waals surface area (Å²) in [6, 6.07) is 1.44. The van der Waals surface area contributed by atoms with Crippen molar-refractivity contribution >= 4 is 5.97 Å². The summed E-state index contributed by atoms with van der Waals surface area (Å²) >= 11 is 0. The molecular weight excluding hydrogens is 361 g/mol. The van der Waals surface area contributed by atoms with Gasteiger partial charge in [-0.15, -0.1) is 0 Å². The molecule has 27 heavy (non-hydrogen) atoms. The number of carboxylic acid groups (broad SMARTS) is 1. The molecule has 2 rings (SSSR count). The fourth-order valence-corrected chi connectivity index (χ4v) is 2.77. The molecule has 0 bridgehead atoms. The van der Waals surface area contributed by atoms with Crippen molar-refractivity contribution in [3.05, 3.63) is 0 Å². The Morgan fingerprint density at radius 2 is 1.15 bits per heavy atom. The van der Waals surface area contributed by atoms with E-state index in [1.165, 1.54) is 52.1 Å². The molecule has 0 spiro atoms. The van der Waals surface area contributed by atoms with Gasteiger partial charge in [-0.3, -0.25) is 9.80 Å². The predicted molar refractivity (Wildman–Crippen MR) is 102 cm³/mol. The number of carboxylic acids is 1. The molecule has 0 aromatic heterocycles. The molecule has 2 saturated heterocycles. The van der Waals surface area contributed by atoms with Crippen molar-refractivity contribution in [1.82, 2.24) is 20.4 Å². The summed E-state index contributed by atoms with van der Waals surface area (Å²) in [4.78, 5) is 14.0. The summed E-state index contributed by atoms with van der Waals surface area (Å²) in [5, 5.41) is 13.9. The Bertz CT molecular complexity index is 353. The maximum absolute atomic E-state index is 10.6. The lowest BCUT2D eigenvalue weighted by Gasteiger charge is -2.23. The zero-order valence-electron chi connectivity index (χ0n) is 17.1. The van der Waals surface area contributed by atoms with Crippen LogP contribution in [0.25, 0.3) is 0 Å². The molecule has 2 aliphatic rings. The molecular formula is C18H37F3N4O2. The van der Waals surface area contributed by atoms with Gasteiger partial charge in [-0.1, -0.05) is 0 Å². The molecule has 0 saturated carbocycles. The number of rotatable bonds is 2. The number of hydrogen-bond acceptors (Lipinski definition) is 5. The third kappa shape index (κ3) is 13.8. The molecule has 0 radical (unpaired) electrons. The van der Waals surface area contributed by atoms with Gasteiger partial charge in [0.05, 0.1) is 0 Å². The van der Waals surface area contributed by atoms with Crippen LogP contribution in [0.3, 0.4) is 0 Å². The zero-order chi connectivity index (χ0) is 20.9. The van der Waals surface area contributed by atoms with Gasteiger partial charge in [-0.2, -0.15) is 13.2 Å². The number of halogens is 3. The average Bonchev–Trinajstić information content (AvgIpc) is 3.00. The second-order valence-electron chi connectivity index (χ2n) is 7.27. The van der Waals surface area contributed by atoms with Gasteiger partial charge in [0.15, 0.2) is 0 Å². The van der Waals surface area contributed by atoms with Gasteiger partial charge in [0.1, 0.15) is 0 Å². The van der Waals surface area contributed by atoms with Gasteiger partial charge in [0.2, 0.25) is 0 Å². The highest BCUT2D eigenvalue weighted by atomic mass is 19.4. The molecule has 0 aromatic carbocycles. The first-order valence-corrected chi connectivity index (χ1v) is 9.75. The highest BCUT2D eigenvalue weighted by molar-refractivity contribution is 5.73. The third-order valence-electron chi connectivity index (χ3n) is 4.45. The second-order valence-corrected chi connectivity index (χ2v) is 7.27. The van der Waals surface area contributed by atoms with Crippen LogP contribution in [0.15, 0.2) is 0 Å². The fourth-order valence-electron chi connectivity index (χ4n) is 2.77. The van der Waals surface area contributed by atoms with E-state index in [-0.39, 0.29) is 0 Å². The number of carbonyl (C=O) groups is 1. The van der Waals surface area contributed by atoms with Crippen LogP contribution in [-0.2, 0) is 4.79 Å². The Hall–Kier alpha value is -0.900. The molecule has 162 valence electrons. The van der Waals surface area contributed by atoms with E-state index in [0.29, 0.717) is 0 Å². The number of hydrogen-bond donors (Lipinski definition) is 3. The molecule has 0 aliphatic carbocycles. The van der Waals surface area contributed by atoms with Crippen molar-refractivity contribution in [3.63, 3.8) is 0 Å². The maximum atomic E-state index is 10.6. The standard InChI is InChI=1S/2C8H18N2.C2HF3O2/c2*1-8(2)10-6-3-4-9-5-7-10;3-2(4,5)1(6)7/h2*8-9H,3-7H2,1-2H3;(H,6,7). The summed E-state index contributed by atoms with van der Waals surface area (Å²) in [6.45, 7) is 18.8. The zero-order valence-corrected chi connectivity index (χ0v) is 17.1. The van der Waals surface area contributed by atoms with Crippen LogP contribution in [0.1, 0.15) is 40.5 Å². The lowest BCUT2D eigenvalue weighted by molar-refractivity contribution is -0.192. The Morgan fingerprint density at radius 1 is 0.815 bits per heavy atom. The van der Waals surface area contributed by atoms with Crippen LogP contribution in [0.5, 0.6) is 0 Å². The quantitative estimate of drug-likeness (QED) is 0.661. The molecule has 2 heterocycles. The summed E-state index contributed by atoms with van der Waals surface area (Å²) in [5.74, 6) is -2.76. The molecule has 0 aromatic rings. The Morgan fingerprint density at radius 3 is 1.41 bits per heavy atom. The normalized spacial score (nSPS) is 20.0. The summed E-state index contributed by atoms with van der Waals surface area (Å²) < 4.78 is 31.7. The van der Waals surface area contributed by atoms with Gasteiger partial charge in [0.25, 0.3) is 0 Å². The molecule has 2 fully saturated rings. The monoisotopic (exact) mass is 398 g/mol. The average molecular weight is 399 g/mol. The van der Waals surface area contributed by atoms with Crippen LogP contribution in [0.4, 0.5) is 13.2 Å². The summed E-state index contributed by atoms with van der Waals surface area (Å²) in [6.07, 6.45) is -2.48. The van der Waals surface area contributed by atoms with Crippen molar-refractivity contribution in [3.8, 4) is 0 Å². The van der Waals surface area contributed by atoms with Gasteiger partial charge >= 0.3 is 12.1 Å². The topological polar surface area (TPSA) is 67.8 Å². The van der Waals surface area contributed by atoms with Gasteiger partial charge < -0.3 is 15.7 Å². The van der Waals surface area contributed by atoms with Crippen molar-refractivity contribution in [2.75, 3.05) is 52.4 Å². The molecule has 0 atom stereocenters. The first kappa shape index (κ1) is 26.1. The van der Waals surface area contributed by atoms with E-state index >= 15 is 0 Å². The Kier molecular flexibility index (Phi) is 13.7. The smallest absolute Gasteiger partial charge is 0.475 e. The van der Waals surface area contributed by atoms with E-state index in [9.17, 15) is 13.2 Å². The molecule has 9 heteroatoms. The minimum atomic E-state index is -5.08. The van der Waals surface area contributed by atoms with Crippen molar-refractivity contribution < 1.29 is 23.1 Å². The molecule has 6 nitrogen and oxygen atoms in total. The number of alkyl halides is 3. The molecule has 0 unspecified atom stereocenters. The van der Waals surface area contributed by atoms with Gasteiger partial charge in [-0.25, -0.2) is 4.79 Å². The van der Waals surface area contributed by atoms with Crippen molar-refractivity contribution in [1.29, 1.82) is 0 Å². The Labute approximate surface area is 161 Å². The number of nitrogens with one attached hydrogen (secondary N) is 2. The predicted octanol–water partition coefficient (Wildman–Crippen LogP) is 2.01. The Balaban J connectivity index is 0.000000384. The van der Waals surface area contributed by atoms with E-state index in [0.717, 1.165) is 25.2 Å². The van der Waals surface area contributed by atoms with E-state index < -0.39 is 12.1 Å². The minimum Gasteiger partial charge on any atom is -0.475 e. The van der Waals surface area contributed by atoms with E-state index in [2.05, 4.69) is 48.1 Å². The van der Waals surface area contributed by atoms with E-state index in [4.69, 9.17) is 9.90 Å². The van der Waals surface area contributed by atoms with Crippen LogP contribution in [0, 0.1) is 0 Å². The fraction of sp³-hybridized carbons (Fsp3) is 0.944. The second kappa shape index (κ2) is 14.1. The highest BCUT2D eigenvalue weighted by Crippen LogP contribution is 2.13. The first-order valence-electron chi connectivity index (χ1n) is 9.75. The molecule has 0 amide bonds. The highest BCUT2D eigenvalue weighted by Gasteiger charge is 2.38. The van der Waals surface area contributed by atoms with Crippen LogP contribution in [-0.4, -0.2) is 91.5 Å². The lowest BCUT2D eigenvalue weighted by atomic mass is 10.3. The maximum Gasteiger partial charge on any atom is 0.490 e. The van der Waals surface area contributed by atoms with Crippen molar-refractivity contribution in [2.24, 2.45) is 0 Å². The lowest BCUT2D eigenvalue weighted by Crippen LogP contribution is -2.33. The van der Waals surface area contributed by atoms with Crippen molar-refractivity contribution in [2.45, 2.75) is 58.8 Å². The van der Waals surface area contributed by atoms with Crippen LogP contribution >= 0.6 is 0 Å². The van der Waals surface area contributed by atoms with Gasteiger partial charge in [-0.05, 0) is 66.7 Å². The third-order valence-corrected chi connectivity index (χ3v) is 4.45. The first-order chi connectivity index (χ1) is 12.6. The van der Waals surface area contributed by atoms with Crippen LogP contribution in [0.2, 0.25) is 0 Å². The van der Waals surface area contributed by atoms with Crippen LogP contribution < -0.4 is 10.6 Å². The summed E-state index contributed by atoms with van der Waals surface area (Å²) in [5.41, 5.74) is 0. The van der Waals surface area contributed by atoms with E-state index in [1.54, 1.807) is 0 Å². The number of nitrogens with zero attached hydrogens (tertiary/aromatic N) is 2. The summed E-state index contributed by atoms with van der Waals surface area (Å²) in [7, 11) is 0. The SMILES string of the molecule is CC(C)N1CCCNCC1.CC(C)N1CCCNCC1.O=C(O)C(F)(F)F. The molecule has 2 aliphatic heterocycles. The minimum absolute atomic E-state index is 0.722. The molecule has 3 N–H and O–H groups in total. The largest absolute Gasteiger partial charge is 0.490 e. The van der Waals surface area contributed by atoms with E-state index in [1.807, 2.05) is 0 Å².